The number of hydrogen-bond donors (Lipinski definition) is 3. The van der Waals surface area contributed by atoms with E-state index in [9.17, 15) is 19.4 Å². The maximum atomic E-state index is 12.3. The molecule has 1 aromatic heterocycles. The number of alkyl halides is 2. The Morgan fingerprint density at radius 2 is 2.41 bits per heavy atom. The molecule has 2 heterocycles. The van der Waals surface area contributed by atoms with E-state index in [0.717, 1.165) is 10.9 Å². The second-order valence-electron chi connectivity index (χ2n) is 4.75. The Morgan fingerprint density at radius 1 is 1.73 bits per heavy atom. The molecule has 5 atom stereocenters. The van der Waals surface area contributed by atoms with Gasteiger partial charge in [-0.2, -0.15) is 4.98 Å². The minimum Gasteiger partial charge on any atom is -0.391 e. The van der Waals surface area contributed by atoms with Crippen LogP contribution < -0.4 is 11.4 Å². The summed E-state index contributed by atoms with van der Waals surface area (Å²) < 4.78 is 18.7. The number of rotatable bonds is 2. The van der Waals surface area contributed by atoms with Gasteiger partial charge in [-0.05, 0) is 6.92 Å². The standard InChI is InChI=1S/C12H14ClFN4O4/c1-6(19)7-8(20)12(13,3-2-4-14)9(22-7)18-5-16-10(15)17-11(18)21/h5-9,19-20H,4H2,1H3,(H2,15,17,21)/t6-,7+,8-,9+,12?/m0/s1. The first-order chi connectivity index (χ1) is 10.3. The maximum Gasteiger partial charge on any atom is 0.354 e. The van der Waals surface area contributed by atoms with Crippen molar-refractivity contribution in [3.8, 4) is 11.8 Å². The monoisotopic (exact) mass is 332 g/mol. The molecule has 22 heavy (non-hydrogen) atoms. The van der Waals surface area contributed by atoms with Crippen molar-refractivity contribution < 1.29 is 19.3 Å². The van der Waals surface area contributed by atoms with Gasteiger partial charge in [-0.25, -0.2) is 14.2 Å². The molecular weight excluding hydrogens is 319 g/mol. The summed E-state index contributed by atoms with van der Waals surface area (Å²) in [5.74, 6) is 4.19. The van der Waals surface area contributed by atoms with Crippen molar-refractivity contribution in [2.24, 2.45) is 0 Å². The number of aliphatic hydroxyl groups excluding tert-OH is 2. The zero-order valence-electron chi connectivity index (χ0n) is 11.5. The number of anilines is 1. The minimum absolute atomic E-state index is 0.248. The first-order valence-corrected chi connectivity index (χ1v) is 6.66. The molecule has 1 aliphatic rings. The maximum absolute atomic E-state index is 12.3. The molecule has 1 saturated heterocycles. The van der Waals surface area contributed by atoms with E-state index in [4.69, 9.17) is 22.1 Å². The summed E-state index contributed by atoms with van der Waals surface area (Å²) in [4.78, 5) is 17.1. The predicted molar refractivity (Wildman–Crippen MR) is 74.6 cm³/mol. The molecule has 2 rings (SSSR count). The van der Waals surface area contributed by atoms with Crippen molar-refractivity contribution in [1.82, 2.24) is 14.5 Å². The van der Waals surface area contributed by atoms with Crippen LogP contribution in [0, 0.1) is 11.8 Å². The van der Waals surface area contributed by atoms with Crippen molar-refractivity contribution in [3.05, 3.63) is 16.8 Å². The quantitative estimate of drug-likeness (QED) is 0.459. The summed E-state index contributed by atoms with van der Waals surface area (Å²) in [5.41, 5.74) is 4.47. The fourth-order valence-electron chi connectivity index (χ4n) is 2.17. The lowest BCUT2D eigenvalue weighted by atomic mass is 9.97. The lowest BCUT2D eigenvalue weighted by Gasteiger charge is -2.25. The van der Waals surface area contributed by atoms with Gasteiger partial charge in [0.2, 0.25) is 5.95 Å². The van der Waals surface area contributed by atoms with Crippen molar-refractivity contribution in [2.45, 2.75) is 36.3 Å². The van der Waals surface area contributed by atoms with Crippen LogP contribution in [-0.2, 0) is 4.74 Å². The second-order valence-corrected chi connectivity index (χ2v) is 5.37. The van der Waals surface area contributed by atoms with E-state index in [0.29, 0.717) is 0 Å². The Kier molecular flexibility index (Phi) is 4.67. The van der Waals surface area contributed by atoms with E-state index < -0.39 is 41.8 Å². The van der Waals surface area contributed by atoms with Crippen LogP contribution in [0.1, 0.15) is 13.2 Å². The Balaban J connectivity index is 2.53. The zero-order valence-corrected chi connectivity index (χ0v) is 12.2. The van der Waals surface area contributed by atoms with Crippen LogP contribution in [0.25, 0.3) is 0 Å². The average molecular weight is 333 g/mol. The number of hydrogen-bond acceptors (Lipinski definition) is 7. The lowest BCUT2D eigenvalue weighted by Crippen LogP contribution is -2.44. The van der Waals surface area contributed by atoms with Gasteiger partial charge in [0.05, 0.1) is 6.10 Å². The molecule has 0 aliphatic carbocycles. The van der Waals surface area contributed by atoms with Crippen molar-refractivity contribution in [2.75, 3.05) is 12.4 Å². The molecule has 0 spiro atoms. The van der Waals surface area contributed by atoms with Crippen LogP contribution in [0.2, 0.25) is 0 Å². The van der Waals surface area contributed by atoms with Gasteiger partial charge in [-0.15, -0.1) is 0 Å². The second kappa shape index (κ2) is 6.18. The highest BCUT2D eigenvalue weighted by Crippen LogP contribution is 2.43. The molecule has 0 aromatic carbocycles. The van der Waals surface area contributed by atoms with E-state index in [2.05, 4.69) is 21.8 Å². The molecule has 0 saturated carbocycles. The molecule has 0 amide bonds. The van der Waals surface area contributed by atoms with Gasteiger partial charge in [-0.3, -0.25) is 4.57 Å². The van der Waals surface area contributed by atoms with Gasteiger partial charge >= 0.3 is 5.69 Å². The number of ether oxygens (including phenoxy) is 1. The van der Waals surface area contributed by atoms with Gasteiger partial charge in [0.25, 0.3) is 0 Å². The molecule has 1 unspecified atom stereocenters. The van der Waals surface area contributed by atoms with Crippen LogP contribution in [0.15, 0.2) is 11.1 Å². The highest BCUT2D eigenvalue weighted by Gasteiger charge is 2.57. The number of halogens is 2. The number of aliphatic hydroxyl groups is 2. The third-order valence-corrected chi connectivity index (χ3v) is 3.71. The largest absolute Gasteiger partial charge is 0.391 e. The van der Waals surface area contributed by atoms with E-state index in [1.54, 1.807) is 0 Å². The summed E-state index contributed by atoms with van der Waals surface area (Å²) in [5, 5.41) is 19.9. The van der Waals surface area contributed by atoms with Crippen LogP contribution in [-0.4, -0.2) is 54.6 Å². The molecule has 1 aliphatic heterocycles. The topological polar surface area (TPSA) is 123 Å². The van der Waals surface area contributed by atoms with Crippen LogP contribution >= 0.6 is 11.6 Å². The SMILES string of the molecule is C[C@H](O)[C@H]1O[C@@H](n2cnc(N)nc2=O)C(Cl)(C#CCF)[C@H]1O. The first-order valence-electron chi connectivity index (χ1n) is 6.28. The molecule has 8 nitrogen and oxygen atoms in total. The summed E-state index contributed by atoms with van der Waals surface area (Å²) in [6.45, 7) is 0.374. The highest BCUT2D eigenvalue weighted by atomic mass is 35.5. The van der Waals surface area contributed by atoms with Crippen LogP contribution in [0.5, 0.6) is 0 Å². The normalized spacial score (nSPS) is 32.3. The van der Waals surface area contributed by atoms with Crippen molar-refractivity contribution in [1.29, 1.82) is 0 Å². The smallest absolute Gasteiger partial charge is 0.354 e. The predicted octanol–water partition coefficient (Wildman–Crippen LogP) is -1.19. The van der Waals surface area contributed by atoms with Crippen molar-refractivity contribution in [3.63, 3.8) is 0 Å². The van der Waals surface area contributed by atoms with Crippen molar-refractivity contribution >= 4 is 17.5 Å². The van der Waals surface area contributed by atoms with E-state index >= 15 is 0 Å². The van der Waals surface area contributed by atoms with Gasteiger partial charge in [0.1, 0.15) is 25.2 Å². The minimum atomic E-state index is -1.85. The van der Waals surface area contributed by atoms with E-state index in [-0.39, 0.29) is 5.95 Å². The molecular formula is C12H14ClFN4O4. The molecule has 0 bridgehead atoms. The summed E-state index contributed by atoms with van der Waals surface area (Å²) in [7, 11) is 0. The summed E-state index contributed by atoms with van der Waals surface area (Å²) >= 11 is 6.28. The van der Waals surface area contributed by atoms with Gasteiger partial charge in [-0.1, -0.05) is 23.4 Å². The Labute approximate surface area is 129 Å². The summed E-state index contributed by atoms with van der Waals surface area (Å²) in [6, 6.07) is 0. The zero-order chi connectivity index (χ0) is 16.5. The molecule has 10 heteroatoms. The number of aromatic nitrogens is 3. The Morgan fingerprint density at radius 3 is 2.95 bits per heavy atom. The van der Waals surface area contributed by atoms with E-state index in [1.807, 2.05) is 0 Å². The van der Waals surface area contributed by atoms with E-state index in [1.165, 1.54) is 6.92 Å². The molecule has 0 radical (unpaired) electrons. The van der Waals surface area contributed by atoms with Gasteiger partial charge in [0, 0.05) is 0 Å². The number of nitrogens with zero attached hydrogens (tertiary/aromatic N) is 3. The van der Waals surface area contributed by atoms with Gasteiger partial charge < -0.3 is 20.7 Å². The number of nitrogens with two attached hydrogens (primary N) is 1. The van der Waals surface area contributed by atoms with Gasteiger partial charge in [0.15, 0.2) is 11.1 Å². The number of nitrogen functional groups attached to an aromatic ring is 1. The van der Waals surface area contributed by atoms with Crippen LogP contribution in [0.4, 0.5) is 10.3 Å². The molecule has 1 fully saturated rings. The third kappa shape index (κ3) is 2.78. The Hall–Kier alpha value is -1.73. The first kappa shape index (κ1) is 16.6. The average Bonchev–Trinajstić information content (AvgIpc) is 2.70. The van der Waals surface area contributed by atoms with Crippen LogP contribution in [0.3, 0.4) is 0 Å². The summed E-state index contributed by atoms with van der Waals surface area (Å²) in [6.07, 6.45) is -3.99. The molecule has 1 aromatic rings. The fourth-order valence-corrected chi connectivity index (χ4v) is 2.52. The lowest BCUT2D eigenvalue weighted by molar-refractivity contribution is -0.0775. The highest BCUT2D eigenvalue weighted by molar-refractivity contribution is 6.27. The third-order valence-electron chi connectivity index (χ3n) is 3.21. The molecule has 4 N–H and O–H groups in total. The Bertz CT molecular complexity index is 673. The molecule has 120 valence electrons. The fraction of sp³-hybridized carbons (Fsp3) is 0.583.